The van der Waals surface area contributed by atoms with Gasteiger partial charge in [0.05, 0.1) is 0 Å². The number of hydrogen-bond donors (Lipinski definition) is 0. The smallest absolute Gasteiger partial charge is 0.245 e. The van der Waals surface area contributed by atoms with Crippen LogP contribution in [0.25, 0.3) is 0 Å². The molecule has 2 aromatic rings. The third kappa shape index (κ3) is 5.11. The van der Waals surface area contributed by atoms with Crippen molar-refractivity contribution < 1.29 is 27.9 Å². The number of aryl methyl sites for hydroxylation is 1. The zero-order valence-electron chi connectivity index (χ0n) is 19.4. The fraction of sp³-hybridized carbons (Fsp3) is 0.423. The van der Waals surface area contributed by atoms with Crippen molar-refractivity contribution in [2.24, 2.45) is 5.92 Å². The summed E-state index contributed by atoms with van der Waals surface area (Å²) in [6.45, 7) is 4.79. The quantitative estimate of drug-likeness (QED) is 0.656. The first kappa shape index (κ1) is 23.9. The summed E-state index contributed by atoms with van der Waals surface area (Å²) in [5, 5.41) is 0. The third-order valence-electron chi connectivity index (χ3n) is 6.42. The second-order valence-corrected chi connectivity index (χ2v) is 9.18. The lowest BCUT2D eigenvalue weighted by Crippen LogP contribution is -2.54. The summed E-state index contributed by atoms with van der Waals surface area (Å²) in [4.78, 5) is 41.4. The van der Waals surface area contributed by atoms with Crippen molar-refractivity contribution in [3.8, 4) is 11.5 Å². The number of nitrogens with zero attached hydrogens (tertiary/aromatic N) is 2. The molecule has 0 unspecified atom stereocenters. The van der Waals surface area contributed by atoms with Crippen molar-refractivity contribution in [3.63, 3.8) is 0 Å². The SMILES string of the molecule is CC(C)[C@H](C(=O)N1CCC(=O)CC1)N1Cc2cc(Oc3ccc(F)cc3F)ccc2CCC1=O. The number of piperidine rings is 1. The molecule has 2 aliphatic heterocycles. The number of carbonyl (C=O) groups is 3. The van der Waals surface area contributed by atoms with Crippen LogP contribution >= 0.6 is 0 Å². The van der Waals surface area contributed by atoms with Crippen LogP contribution in [0, 0.1) is 17.6 Å². The van der Waals surface area contributed by atoms with E-state index in [1.54, 1.807) is 21.9 Å². The highest BCUT2D eigenvalue weighted by Crippen LogP contribution is 2.31. The maximum absolute atomic E-state index is 14.1. The molecule has 0 spiro atoms. The molecule has 1 saturated heterocycles. The average Bonchev–Trinajstić information content (AvgIpc) is 2.95. The normalized spacial score (nSPS) is 17.4. The van der Waals surface area contributed by atoms with Crippen LogP contribution in [-0.4, -0.2) is 46.5 Å². The zero-order chi connectivity index (χ0) is 24.4. The fourth-order valence-electron chi connectivity index (χ4n) is 4.59. The molecule has 0 N–H and O–H groups in total. The minimum Gasteiger partial charge on any atom is -0.454 e. The Morgan fingerprint density at radius 1 is 0.941 bits per heavy atom. The second-order valence-electron chi connectivity index (χ2n) is 9.18. The number of amides is 2. The fourth-order valence-corrected chi connectivity index (χ4v) is 4.59. The van der Waals surface area contributed by atoms with E-state index in [-0.39, 0.29) is 42.2 Å². The number of ether oxygens (including phenoxy) is 1. The van der Waals surface area contributed by atoms with E-state index in [0.29, 0.717) is 38.1 Å². The predicted molar refractivity (Wildman–Crippen MR) is 121 cm³/mol. The summed E-state index contributed by atoms with van der Waals surface area (Å²) in [5.74, 6) is -1.46. The number of benzene rings is 2. The molecule has 1 atom stereocenters. The van der Waals surface area contributed by atoms with Gasteiger partial charge in [-0.1, -0.05) is 19.9 Å². The molecule has 0 saturated carbocycles. The van der Waals surface area contributed by atoms with Crippen molar-refractivity contribution in [3.05, 3.63) is 59.2 Å². The number of Topliss-reactive ketones (excluding diaryl/α,β-unsaturated/α-hetero) is 1. The summed E-state index contributed by atoms with van der Waals surface area (Å²) < 4.78 is 32.9. The zero-order valence-corrected chi connectivity index (χ0v) is 19.4. The highest BCUT2D eigenvalue weighted by Gasteiger charge is 2.37. The van der Waals surface area contributed by atoms with Gasteiger partial charge in [0.15, 0.2) is 11.6 Å². The Morgan fingerprint density at radius 3 is 2.35 bits per heavy atom. The topological polar surface area (TPSA) is 66.9 Å². The van der Waals surface area contributed by atoms with Gasteiger partial charge < -0.3 is 14.5 Å². The predicted octanol–water partition coefficient (Wildman–Crippen LogP) is 4.25. The lowest BCUT2D eigenvalue weighted by atomic mass is 9.98. The molecule has 2 amide bonds. The van der Waals surface area contributed by atoms with Crippen LogP contribution < -0.4 is 4.74 Å². The molecule has 2 aliphatic rings. The van der Waals surface area contributed by atoms with Crippen molar-refractivity contribution in [1.82, 2.24) is 9.80 Å². The molecule has 0 aromatic heterocycles. The Bertz CT molecular complexity index is 1110. The van der Waals surface area contributed by atoms with Crippen LogP contribution in [-0.2, 0) is 27.3 Å². The van der Waals surface area contributed by atoms with Gasteiger partial charge in [-0.25, -0.2) is 8.78 Å². The molecule has 8 heteroatoms. The maximum Gasteiger partial charge on any atom is 0.245 e. The molecule has 2 heterocycles. The van der Waals surface area contributed by atoms with Crippen LogP contribution in [0.3, 0.4) is 0 Å². The van der Waals surface area contributed by atoms with E-state index in [0.717, 1.165) is 23.3 Å². The number of carbonyl (C=O) groups excluding carboxylic acids is 3. The Morgan fingerprint density at radius 2 is 1.68 bits per heavy atom. The number of halogens is 2. The van der Waals surface area contributed by atoms with Crippen molar-refractivity contribution >= 4 is 17.6 Å². The van der Waals surface area contributed by atoms with Gasteiger partial charge in [-0.3, -0.25) is 14.4 Å². The molecule has 180 valence electrons. The molecule has 34 heavy (non-hydrogen) atoms. The largest absolute Gasteiger partial charge is 0.454 e. The lowest BCUT2D eigenvalue weighted by molar-refractivity contribution is -0.149. The highest BCUT2D eigenvalue weighted by atomic mass is 19.1. The molecule has 6 nitrogen and oxygen atoms in total. The van der Waals surface area contributed by atoms with Crippen LogP contribution in [0.2, 0.25) is 0 Å². The minimum absolute atomic E-state index is 0.0993. The van der Waals surface area contributed by atoms with Crippen molar-refractivity contribution in [2.45, 2.75) is 52.1 Å². The monoisotopic (exact) mass is 470 g/mol. The van der Waals surface area contributed by atoms with E-state index < -0.39 is 17.7 Å². The number of likely N-dealkylation sites (tertiary alicyclic amines) is 1. The molecule has 0 bridgehead atoms. The van der Waals surface area contributed by atoms with Gasteiger partial charge in [0.25, 0.3) is 0 Å². The number of hydrogen-bond acceptors (Lipinski definition) is 4. The van der Waals surface area contributed by atoms with Gasteiger partial charge in [-0.05, 0) is 47.7 Å². The highest BCUT2D eigenvalue weighted by molar-refractivity contribution is 5.90. The maximum atomic E-state index is 14.1. The summed E-state index contributed by atoms with van der Waals surface area (Å²) >= 11 is 0. The van der Waals surface area contributed by atoms with E-state index in [2.05, 4.69) is 0 Å². The summed E-state index contributed by atoms with van der Waals surface area (Å²) in [7, 11) is 0. The standard InChI is InChI=1S/C26H28F2N2O4/c1-16(2)25(26(33)29-11-9-20(31)10-12-29)30-15-18-13-21(6-3-17(18)4-8-24(30)32)34-23-7-5-19(27)14-22(23)28/h3,5-7,13-14,16,25H,4,8-12,15H2,1-2H3/t25-/m1/s1. The van der Waals surface area contributed by atoms with Crippen molar-refractivity contribution in [2.75, 3.05) is 13.1 Å². The van der Waals surface area contributed by atoms with Crippen LogP contribution in [0.4, 0.5) is 8.78 Å². The van der Waals surface area contributed by atoms with Crippen LogP contribution in [0.15, 0.2) is 36.4 Å². The van der Waals surface area contributed by atoms with E-state index in [4.69, 9.17) is 4.74 Å². The average molecular weight is 471 g/mol. The third-order valence-corrected chi connectivity index (χ3v) is 6.42. The minimum atomic E-state index is -0.808. The molecule has 0 radical (unpaired) electrons. The van der Waals surface area contributed by atoms with Crippen LogP contribution in [0.5, 0.6) is 11.5 Å². The molecular formula is C26H28F2N2O4. The lowest BCUT2D eigenvalue weighted by Gasteiger charge is -2.37. The van der Waals surface area contributed by atoms with Gasteiger partial charge in [-0.2, -0.15) is 0 Å². The van der Waals surface area contributed by atoms with Gasteiger partial charge in [0.1, 0.15) is 23.4 Å². The molecule has 2 aromatic carbocycles. The molecule has 0 aliphatic carbocycles. The van der Waals surface area contributed by atoms with E-state index in [1.165, 1.54) is 6.07 Å². The Kier molecular flexibility index (Phi) is 6.95. The number of ketones is 1. The molecule has 4 rings (SSSR count). The summed E-state index contributed by atoms with van der Waals surface area (Å²) in [6.07, 6.45) is 1.48. The Hall–Kier alpha value is -3.29. The van der Waals surface area contributed by atoms with E-state index in [1.807, 2.05) is 19.9 Å². The Balaban J connectivity index is 1.59. The first-order valence-corrected chi connectivity index (χ1v) is 11.6. The first-order chi connectivity index (χ1) is 16.2. The van der Waals surface area contributed by atoms with Gasteiger partial charge in [-0.15, -0.1) is 0 Å². The van der Waals surface area contributed by atoms with Gasteiger partial charge in [0.2, 0.25) is 11.8 Å². The molecular weight excluding hydrogens is 442 g/mol. The second kappa shape index (κ2) is 9.91. The number of rotatable bonds is 5. The van der Waals surface area contributed by atoms with Crippen LogP contribution in [0.1, 0.15) is 44.2 Å². The van der Waals surface area contributed by atoms with E-state index in [9.17, 15) is 23.2 Å². The number of fused-ring (bicyclic) bond motifs is 1. The van der Waals surface area contributed by atoms with Gasteiger partial charge in [0, 0.05) is 45.0 Å². The Labute approximate surface area is 197 Å². The summed E-state index contributed by atoms with van der Waals surface area (Å²) in [5.41, 5.74) is 1.78. The van der Waals surface area contributed by atoms with Gasteiger partial charge >= 0.3 is 0 Å². The van der Waals surface area contributed by atoms with Crippen molar-refractivity contribution in [1.29, 1.82) is 0 Å². The first-order valence-electron chi connectivity index (χ1n) is 11.6. The van der Waals surface area contributed by atoms with E-state index >= 15 is 0 Å². The summed E-state index contributed by atoms with van der Waals surface area (Å²) in [6, 6.07) is 7.73. The molecule has 1 fully saturated rings.